The maximum Gasteiger partial charge on any atom is 0.272 e. The molecular formula is C24H27N3O3. The van der Waals surface area contributed by atoms with Crippen molar-refractivity contribution < 1.29 is 14.6 Å². The van der Waals surface area contributed by atoms with Crippen LogP contribution < -0.4 is 10.2 Å². The van der Waals surface area contributed by atoms with Crippen molar-refractivity contribution in [2.45, 2.75) is 39.0 Å². The highest BCUT2D eigenvalue weighted by Gasteiger charge is 2.12. The van der Waals surface area contributed by atoms with Crippen LogP contribution in [0.1, 0.15) is 54.2 Å². The van der Waals surface area contributed by atoms with Crippen LogP contribution in [0.4, 0.5) is 0 Å². The Labute approximate surface area is 176 Å². The minimum absolute atomic E-state index is 0.0495. The number of nitrogens with zero attached hydrogens (tertiary/aromatic N) is 2. The lowest BCUT2D eigenvalue weighted by Gasteiger charge is -2.09. The molecule has 0 bridgehead atoms. The van der Waals surface area contributed by atoms with E-state index in [2.05, 4.69) is 17.5 Å². The predicted molar refractivity (Wildman–Crippen MR) is 119 cm³/mol. The maximum atomic E-state index is 12.8. The Morgan fingerprint density at radius 3 is 2.80 bits per heavy atom. The summed E-state index contributed by atoms with van der Waals surface area (Å²) < 4.78 is 5.09. The van der Waals surface area contributed by atoms with Crippen LogP contribution in [0, 0.1) is 0 Å². The van der Waals surface area contributed by atoms with Crippen LogP contribution in [-0.4, -0.2) is 29.3 Å². The van der Waals surface area contributed by atoms with Crippen molar-refractivity contribution in [2.24, 2.45) is 5.10 Å². The summed E-state index contributed by atoms with van der Waals surface area (Å²) in [6, 6.07) is 14.3. The number of aromatic hydroxyl groups is 1. The number of carbonyl (C=O) groups is 1. The lowest BCUT2D eigenvalue weighted by atomic mass is 10.0. The third-order valence-electron chi connectivity index (χ3n) is 4.88. The van der Waals surface area contributed by atoms with Gasteiger partial charge in [0.2, 0.25) is 0 Å². The smallest absolute Gasteiger partial charge is 0.272 e. The highest BCUT2D eigenvalue weighted by Crippen LogP contribution is 2.25. The Hall–Kier alpha value is -3.41. The van der Waals surface area contributed by atoms with Crippen LogP contribution in [0.5, 0.6) is 11.5 Å². The van der Waals surface area contributed by atoms with Crippen LogP contribution in [0.15, 0.2) is 53.6 Å². The minimum Gasteiger partial charge on any atom is -0.504 e. The summed E-state index contributed by atoms with van der Waals surface area (Å²) in [4.78, 5) is 17.6. The number of para-hydroxylation sites is 1. The molecule has 3 rings (SSSR count). The number of rotatable bonds is 9. The summed E-state index contributed by atoms with van der Waals surface area (Å²) in [5.41, 5.74) is 5.58. The third-order valence-corrected chi connectivity index (χ3v) is 4.88. The molecule has 0 saturated heterocycles. The predicted octanol–water partition coefficient (Wildman–Crippen LogP) is 4.84. The number of hydrazone groups is 1. The van der Waals surface area contributed by atoms with Gasteiger partial charge in [0.05, 0.1) is 24.4 Å². The van der Waals surface area contributed by atoms with Crippen molar-refractivity contribution in [2.75, 3.05) is 7.11 Å². The van der Waals surface area contributed by atoms with Gasteiger partial charge in [0.25, 0.3) is 5.91 Å². The highest BCUT2D eigenvalue weighted by molar-refractivity contribution is 6.06. The zero-order chi connectivity index (χ0) is 21.3. The van der Waals surface area contributed by atoms with Crippen molar-refractivity contribution in [3.63, 3.8) is 0 Å². The first-order chi connectivity index (χ1) is 14.6. The molecule has 0 saturated carbocycles. The van der Waals surface area contributed by atoms with Crippen LogP contribution in [0.25, 0.3) is 10.9 Å². The first-order valence-electron chi connectivity index (χ1n) is 10.2. The van der Waals surface area contributed by atoms with Gasteiger partial charge in [-0.25, -0.2) is 5.43 Å². The lowest BCUT2D eigenvalue weighted by molar-refractivity contribution is 0.0956. The van der Waals surface area contributed by atoms with E-state index in [4.69, 9.17) is 9.72 Å². The van der Waals surface area contributed by atoms with Gasteiger partial charge in [-0.1, -0.05) is 44.4 Å². The summed E-state index contributed by atoms with van der Waals surface area (Å²) in [6.45, 7) is 2.19. The van der Waals surface area contributed by atoms with E-state index in [0.29, 0.717) is 16.9 Å². The molecule has 0 atom stereocenters. The number of ether oxygens (including phenoxy) is 1. The fraction of sp³-hybridized carbons (Fsp3) is 0.292. The molecule has 0 aliphatic carbocycles. The number of phenolic OH excluding ortho intramolecular Hbond substituents is 1. The number of fused-ring (bicyclic) bond motifs is 1. The summed E-state index contributed by atoms with van der Waals surface area (Å²) in [7, 11) is 1.48. The Bertz CT molecular complexity index is 1050. The molecule has 3 aromatic rings. The first-order valence-corrected chi connectivity index (χ1v) is 10.2. The van der Waals surface area contributed by atoms with Crippen molar-refractivity contribution in [1.29, 1.82) is 0 Å². The lowest BCUT2D eigenvalue weighted by Crippen LogP contribution is -2.18. The van der Waals surface area contributed by atoms with Crippen LogP contribution in [0.2, 0.25) is 0 Å². The van der Waals surface area contributed by atoms with Crippen LogP contribution in [-0.2, 0) is 6.42 Å². The summed E-state index contributed by atoms with van der Waals surface area (Å²) in [5, 5.41) is 14.5. The Kier molecular flexibility index (Phi) is 7.38. The zero-order valence-electron chi connectivity index (χ0n) is 17.4. The Morgan fingerprint density at radius 2 is 2.00 bits per heavy atom. The van der Waals surface area contributed by atoms with Crippen LogP contribution in [0.3, 0.4) is 0 Å². The van der Waals surface area contributed by atoms with Gasteiger partial charge < -0.3 is 9.84 Å². The largest absolute Gasteiger partial charge is 0.504 e. The molecule has 6 heteroatoms. The van der Waals surface area contributed by atoms with E-state index in [9.17, 15) is 9.90 Å². The SMILES string of the molecule is CCCCCCc1cc(C(=O)N/N=C\c2ccc(O)c(OC)c2)c2ccccc2n1. The number of phenols is 1. The van der Waals surface area contributed by atoms with Crippen molar-refractivity contribution in [1.82, 2.24) is 10.4 Å². The normalized spacial score (nSPS) is 11.1. The summed E-state index contributed by atoms with van der Waals surface area (Å²) in [6.07, 6.45) is 6.96. The van der Waals surface area contributed by atoms with Gasteiger partial charge in [0.15, 0.2) is 11.5 Å². The van der Waals surface area contributed by atoms with Crippen molar-refractivity contribution in [3.8, 4) is 11.5 Å². The number of benzene rings is 2. The van der Waals surface area contributed by atoms with E-state index >= 15 is 0 Å². The summed E-state index contributed by atoms with van der Waals surface area (Å²) in [5.74, 6) is 0.108. The molecule has 0 fully saturated rings. The molecule has 6 nitrogen and oxygen atoms in total. The van der Waals surface area contributed by atoms with Gasteiger partial charge in [-0.15, -0.1) is 0 Å². The number of nitrogens with one attached hydrogen (secondary N) is 1. The van der Waals surface area contributed by atoms with Gasteiger partial charge in [0.1, 0.15) is 0 Å². The van der Waals surface area contributed by atoms with Gasteiger partial charge >= 0.3 is 0 Å². The summed E-state index contributed by atoms with van der Waals surface area (Å²) >= 11 is 0. The number of hydrogen-bond donors (Lipinski definition) is 2. The molecule has 0 unspecified atom stereocenters. The molecule has 2 N–H and O–H groups in total. The number of pyridine rings is 1. The molecule has 0 aliphatic rings. The monoisotopic (exact) mass is 405 g/mol. The van der Waals surface area contributed by atoms with E-state index < -0.39 is 0 Å². The number of aromatic nitrogens is 1. The fourth-order valence-corrected chi connectivity index (χ4v) is 3.28. The molecule has 1 aromatic heterocycles. The molecule has 1 heterocycles. The number of aryl methyl sites for hydroxylation is 1. The van der Waals surface area contributed by atoms with E-state index in [1.807, 2.05) is 30.3 Å². The van der Waals surface area contributed by atoms with E-state index in [-0.39, 0.29) is 11.7 Å². The molecule has 30 heavy (non-hydrogen) atoms. The third kappa shape index (κ3) is 5.35. The molecule has 156 valence electrons. The average Bonchev–Trinajstić information content (AvgIpc) is 2.77. The van der Waals surface area contributed by atoms with Gasteiger partial charge in [-0.05, 0) is 48.7 Å². The second kappa shape index (κ2) is 10.4. The topological polar surface area (TPSA) is 83.8 Å². The number of carbonyl (C=O) groups excluding carboxylic acids is 1. The van der Waals surface area contributed by atoms with E-state index in [1.165, 1.54) is 32.2 Å². The van der Waals surface area contributed by atoms with E-state index in [1.54, 1.807) is 12.1 Å². The molecular weight excluding hydrogens is 378 g/mol. The number of unbranched alkanes of at least 4 members (excludes halogenated alkanes) is 3. The number of methoxy groups -OCH3 is 1. The standard InChI is InChI=1S/C24H27N3O3/c1-3-4-5-6-9-18-15-20(19-10-7-8-11-21(19)26-18)24(29)27-25-16-17-12-13-22(28)23(14-17)30-2/h7-8,10-16,28H,3-6,9H2,1-2H3,(H,27,29)/b25-16-. The van der Waals surface area contributed by atoms with Gasteiger partial charge in [-0.3, -0.25) is 9.78 Å². The second-order valence-corrected chi connectivity index (χ2v) is 7.12. The second-order valence-electron chi connectivity index (χ2n) is 7.12. The first kappa shape index (κ1) is 21.3. The molecule has 0 aliphatic heterocycles. The van der Waals surface area contributed by atoms with E-state index in [0.717, 1.165) is 35.9 Å². The Morgan fingerprint density at radius 1 is 1.17 bits per heavy atom. The van der Waals surface area contributed by atoms with Crippen molar-refractivity contribution in [3.05, 3.63) is 65.4 Å². The molecule has 2 aromatic carbocycles. The zero-order valence-corrected chi connectivity index (χ0v) is 17.4. The Balaban J connectivity index is 1.77. The highest BCUT2D eigenvalue weighted by atomic mass is 16.5. The minimum atomic E-state index is -0.287. The fourth-order valence-electron chi connectivity index (χ4n) is 3.28. The molecule has 1 amide bonds. The molecule has 0 spiro atoms. The number of hydrogen-bond acceptors (Lipinski definition) is 5. The number of amides is 1. The quantitative estimate of drug-likeness (QED) is 0.303. The van der Waals surface area contributed by atoms with Gasteiger partial charge in [-0.2, -0.15) is 5.10 Å². The van der Waals surface area contributed by atoms with Crippen molar-refractivity contribution >= 4 is 23.0 Å². The molecule has 0 radical (unpaired) electrons. The average molecular weight is 405 g/mol. The maximum absolute atomic E-state index is 12.8. The van der Waals surface area contributed by atoms with Gasteiger partial charge in [0, 0.05) is 11.1 Å². The van der Waals surface area contributed by atoms with Crippen LogP contribution >= 0.6 is 0 Å².